The summed E-state index contributed by atoms with van der Waals surface area (Å²) in [5, 5.41) is 14.6. The molecule has 0 aromatic heterocycles. The van der Waals surface area contributed by atoms with Gasteiger partial charge in [0.25, 0.3) is 0 Å². The second kappa shape index (κ2) is 12.5. The van der Waals surface area contributed by atoms with Crippen molar-refractivity contribution in [1.29, 1.82) is 0 Å². The number of carbonyl (C=O) groups excluding carboxylic acids is 2. The van der Waals surface area contributed by atoms with E-state index in [-0.39, 0.29) is 36.2 Å². The molecular weight excluding hydrogens is 568 g/mol. The van der Waals surface area contributed by atoms with Gasteiger partial charge >= 0.3 is 12.0 Å². The molecule has 10 nitrogen and oxygen atoms in total. The lowest BCUT2D eigenvalue weighted by Gasteiger charge is -2.25. The molecule has 4 rings (SSSR count). The molecule has 0 aliphatic carbocycles. The maximum atomic E-state index is 13.2. The van der Waals surface area contributed by atoms with Crippen molar-refractivity contribution < 1.29 is 29.0 Å². The summed E-state index contributed by atoms with van der Waals surface area (Å²) >= 11 is 3.40. The first kappa shape index (κ1) is 27.8. The van der Waals surface area contributed by atoms with Crippen LogP contribution in [0.25, 0.3) is 0 Å². The summed E-state index contributed by atoms with van der Waals surface area (Å²) in [6, 6.07) is 16.2. The number of amides is 3. The van der Waals surface area contributed by atoms with E-state index >= 15 is 0 Å². The highest BCUT2D eigenvalue weighted by atomic mass is 79.9. The minimum atomic E-state index is -1.06. The zero-order chi connectivity index (χ0) is 27.9. The predicted octanol–water partition coefficient (Wildman–Crippen LogP) is 4.99. The Bertz CT molecular complexity index is 1380. The van der Waals surface area contributed by atoms with Gasteiger partial charge in [0.1, 0.15) is 18.1 Å². The smallest absolute Gasteiger partial charge is 0.335 e. The molecule has 0 spiro atoms. The molecule has 3 aromatic carbocycles. The van der Waals surface area contributed by atoms with Gasteiger partial charge < -0.3 is 35.8 Å². The largest absolute Gasteiger partial charge is 0.495 e. The average Bonchev–Trinajstić information content (AvgIpc) is 3.39. The van der Waals surface area contributed by atoms with Crippen LogP contribution >= 0.6 is 15.9 Å². The molecule has 39 heavy (non-hydrogen) atoms. The van der Waals surface area contributed by atoms with E-state index in [1.165, 1.54) is 25.3 Å². The number of carboxylic acids is 1. The number of ether oxygens (including phenoxy) is 2. The molecule has 1 saturated heterocycles. The number of hydrogen-bond donors (Lipinski definition) is 4. The quantitative estimate of drug-likeness (QED) is 0.255. The van der Waals surface area contributed by atoms with E-state index in [4.69, 9.17) is 20.3 Å². The van der Waals surface area contributed by atoms with Gasteiger partial charge in [0.2, 0.25) is 5.91 Å². The van der Waals surface area contributed by atoms with Crippen LogP contribution in [-0.2, 0) is 11.2 Å². The van der Waals surface area contributed by atoms with Crippen LogP contribution in [0, 0.1) is 0 Å². The number of likely N-dealkylation sites (tertiary alicyclic amines) is 1. The average molecular weight is 597 g/mol. The number of anilines is 3. The molecule has 1 atom stereocenters. The Morgan fingerprint density at radius 3 is 2.54 bits per heavy atom. The number of aromatic carboxylic acids is 1. The molecule has 0 unspecified atom stereocenters. The van der Waals surface area contributed by atoms with Gasteiger partial charge in [-0.05, 0) is 76.8 Å². The molecule has 11 heteroatoms. The van der Waals surface area contributed by atoms with E-state index in [0.29, 0.717) is 29.4 Å². The van der Waals surface area contributed by atoms with E-state index in [9.17, 15) is 14.4 Å². The first-order chi connectivity index (χ1) is 18.7. The number of nitrogens with one attached hydrogen (secondary N) is 2. The number of urea groups is 1. The summed E-state index contributed by atoms with van der Waals surface area (Å²) in [4.78, 5) is 38.6. The lowest BCUT2D eigenvalue weighted by molar-refractivity contribution is -0.131. The number of benzene rings is 3. The SMILES string of the molecule is COc1cc(CC(=O)N2CCC[C@H]2COc2ccc(C(=O)O)cc2N)ccc1NC(=O)Nc1ccccc1Br. The van der Waals surface area contributed by atoms with Crippen LogP contribution in [-0.4, -0.2) is 54.2 Å². The maximum Gasteiger partial charge on any atom is 0.335 e. The standard InChI is InChI=1S/C28H29BrN4O6/c1-38-25-13-17(8-10-23(25)32-28(37)31-22-7-3-2-6-20(22)29)14-26(34)33-12-4-5-19(33)16-39-24-11-9-18(27(35)36)15-21(24)30/h2-3,6-11,13,15,19H,4-5,12,14,16,30H2,1H3,(H,35,36)(H2,31,32,37)/t19-/m0/s1. The van der Waals surface area contributed by atoms with Crippen molar-refractivity contribution in [2.75, 3.05) is 36.6 Å². The van der Waals surface area contributed by atoms with E-state index in [0.717, 1.165) is 22.9 Å². The zero-order valence-electron chi connectivity index (χ0n) is 21.3. The van der Waals surface area contributed by atoms with E-state index in [1.54, 1.807) is 29.2 Å². The summed E-state index contributed by atoms with van der Waals surface area (Å²) in [6.07, 6.45) is 1.80. The Labute approximate surface area is 234 Å². The van der Waals surface area contributed by atoms with Crippen LogP contribution in [0.1, 0.15) is 28.8 Å². The number of nitrogens with two attached hydrogens (primary N) is 1. The Morgan fingerprint density at radius 1 is 1.05 bits per heavy atom. The third-order valence-corrected chi connectivity index (χ3v) is 7.07. The molecule has 5 N–H and O–H groups in total. The number of methoxy groups -OCH3 is 1. The van der Waals surface area contributed by atoms with Crippen LogP contribution in [0.15, 0.2) is 65.1 Å². The number of halogens is 1. The van der Waals surface area contributed by atoms with Gasteiger partial charge in [-0.15, -0.1) is 0 Å². The molecule has 0 radical (unpaired) electrons. The molecule has 1 fully saturated rings. The van der Waals surface area contributed by atoms with Gasteiger partial charge in [-0.3, -0.25) is 4.79 Å². The third-order valence-electron chi connectivity index (χ3n) is 6.38. The fourth-order valence-electron chi connectivity index (χ4n) is 4.40. The van der Waals surface area contributed by atoms with Crippen molar-refractivity contribution >= 4 is 50.9 Å². The summed E-state index contributed by atoms with van der Waals surface area (Å²) in [5.41, 5.74) is 8.10. The first-order valence-corrected chi connectivity index (χ1v) is 13.1. The Balaban J connectivity index is 1.36. The number of rotatable bonds is 9. The van der Waals surface area contributed by atoms with E-state index < -0.39 is 12.0 Å². The number of nitrogen functional groups attached to an aromatic ring is 1. The Hall–Kier alpha value is -4.25. The fourth-order valence-corrected chi connectivity index (χ4v) is 4.78. The van der Waals surface area contributed by atoms with Gasteiger partial charge in [0.15, 0.2) is 0 Å². The number of carbonyl (C=O) groups is 3. The van der Waals surface area contributed by atoms with Gasteiger partial charge in [-0.25, -0.2) is 9.59 Å². The number of carboxylic acid groups (broad SMARTS) is 1. The number of para-hydroxylation sites is 1. The monoisotopic (exact) mass is 596 g/mol. The molecular formula is C28H29BrN4O6. The van der Waals surface area contributed by atoms with Crippen LogP contribution in [0.5, 0.6) is 11.5 Å². The summed E-state index contributed by atoms with van der Waals surface area (Å²) in [5.74, 6) is -0.297. The summed E-state index contributed by atoms with van der Waals surface area (Å²) in [6.45, 7) is 0.869. The highest BCUT2D eigenvalue weighted by molar-refractivity contribution is 9.10. The lowest BCUT2D eigenvalue weighted by atomic mass is 10.1. The molecule has 1 aliphatic rings. The normalized spacial score (nSPS) is 14.5. The van der Waals surface area contributed by atoms with Crippen LogP contribution in [0.2, 0.25) is 0 Å². The van der Waals surface area contributed by atoms with E-state index in [2.05, 4.69) is 26.6 Å². The zero-order valence-corrected chi connectivity index (χ0v) is 22.9. The Kier molecular flexibility index (Phi) is 8.92. The second-order valence-corrected chi connectivity index (χ2v) is 9.88. The number of nitrogens with zero attached hydrogens (tertiary/aromatic N) is 1. The number of hydrogen-bond acceptors (Lipinski definition) is 6. The minimum Gasteiger partial charge on any atom is -0.495 e. The van der Waals surface area contributed by atoms with Gasteiger partial charge in [0.05, 0.1) is 42.2 Å². The van der Waals surface area contributed by atoms with Crippen molar-refractivity contribution in [1.82, 2.24) is 4.90 Å². The minimum absolute atomic E-state index is 0.0512. The van der Waals surface area contributed by atoms with Crippen molar-refractivity contribution in [3.8, 4) is 11.5 Å². The van der Waals surface area contributed by atoms with Gasteiger partial charge in [0, 0.05) is 11.0 Å². The highest BCUT2D eigenvalue weighted by Gasteiger charge is 2.29. The van der Waals surface area contributed by atoms with Gasteiger partial charge in [-0.2, -0.15) is 0 Å². The van der Waals surface area contributed by atoms with Crippen molar-refractivity contribution in [2.45, 2.75) is 25.3 Å². The fraction of sp³-hybridized carbons (Fsp3) is 0.250. The highest BCUT2D eigenvalue weighted by Crippen LogP contribution is 2.29. The van der Waals surface area contributed by atoms with Crippen molar-refractivity contribution in [2.24, 2.45) is 0 Å². The van der Waals surface area contributed by atoms with Crippen LogP contribution in [0.3, 0.4) is 0 Å². The Morgan fingerprint density at radius 2 is 1.82 bits per heavy atom. The first-order valence-electron chi connectivity index (χ1n) is 12.3. The van der Waals surface area contributed by atoms with Crippen LogP contribution < -0.4 is 25.8 Å². The molecule has 3 amide bonds. The third kappa shape index (κ3) is 6.99. The lowest BCUT2D eigenvalue weighted by Crippen LogP contribution is -2.40. The summed E-state index contributed by atoms with van der Waals surface area (Å²) < 4.78 is 12.1. The molecule has 1 heterocycles. The molecule has 0 bridgehead atoms. The van der Waals surface area contributed by atoms with Gasteiger partial charge in [-0.1, -0.05) is 18.2 Å². The molecule has 3 aromatic rings. The predicted molar refractivity (Wildman–Crippen MR) is 152 cm³/mol. The molecule has 0 saturated carbocycles. The van der Waals surface area contributed by atoms with Crippen molar-refractivity contribution in [3.63, 3.8) is 0 Å². The topological polar surface area (TPSA) is 143 Å². The maximum absolute atomic E-state index is 13.2. The molecule has 204 valence electrons. The second-order valence-electron chi connectivity index (χ2n) is 9.02. The summed E-state index contributed by atoms with van der Waals surface area (Å²) in [7, 11) is 1.50. The van der Waals surface area contributed by atoms with E-state index in [1.807, 2.05) is 18.2 Å². The molecule has 1 aliphatic heterocycles. The van der Waals surface area contributed by atoms with Crippen molar-refractivity contribution in [3.05, 3.63) is 76.3 Å². The van der Waals surface area contributed by atoms with Crippen LogP contribution in [0.4, 0.5) is 21.9 Å².